The third-order valence-corrected chi connectivity index (χ3v) is 11.5. The molecule has 0 fully saturated rings. The molecule has 5 aromatic carbocycles. The quantitative estimate of drug-likeness (QED) is 0.176. The minimum atomic E-state index is 0.0447. The van der Waals surface area contributed by atoms with Crippen LogP contribution in [0.3, 0.4) is 0 Å². The number of benzene rings is 5. The average molecular weight is 705 g/mol. The summed E-state index contributed by atoms with van der Waals surface area (Å²) in [6.45, 7) is 24.3. The second kappa shape index (κ2) is 12.7. The molecule has 2 aliphatic carbocycles. The summed E-state index contributed by atoms with van der Waals surface area (Å²) in [6, 6.07) is 32.5. The molecule has 0 saturated heterocycles. The minimum absolute atomic E-state index is 0.0447. The zero-order valence-corrected chi connectivity index (χ0v) is 33.5. The van der Waals surface area contributed by atoms with Crippen molar-refractivity contribution in [1.29, 1.82) is 0 Å². The fourth-order valence-corrected chi connectivity index (χ4v) is 9.13. The molecule has 0 spiro atoms. The Morgan fingerprint density at radius 2 is 0.962 bits per heavy atom. The Labute approximate surface area is 317 Å². The fourth-order valence-electron chi connectivity index (χ4n) is 9.13. The van der Waals surface area contributed by atoms with E-state index < -0.39 is 0 Å². The molecule has 0 unspecified atom stereocenters. The molecule has 0 saturated carbocycles. The second-order valence-corrected chi connectivity index (χ2v) is 18.7. The molecule has 4 heteroatoms. The predicted molar refractivity (Wildman–Crippen MR) is 222 cm³/mol. The molecular formula is C49H56N2O2. The van der Waals surface area contributed by atoms with E-state index in [2.05, 4.69) is 164 Å². The molecule has 5 aromatic rings. The van der Waals surface area contributed by atoms with Gasteiger partial charge in [0.05, 0.1) is 11.4 Å². The van der Waals surface area contributed by atoms with Crippen molar-refractivity contribution in [3.8, 4) is 11.5 Å². The highest BCUT2D eigenvalue weighted by Gasteiger charge is 2.32. The van der Waals surface area contributed by atoms with Crippen molar-refractivity contribution in [2.45, 2.75) is 100 Å². The standard InChI is InChI=1S/C49H56N2O2/c1-31-19-42(50(39-13-11-34-27-48(7,8)29-36(34)23-39)40-14-12-35-28-49(9,10)30-37(35)24-40)25-43(20-31)51(41-15-16-44-45(26-41)53-18-17-52-44)46-32(2)21-38(22-33(46)3)47(4,5)6/h11-16,19-26H,17-18,27-30H2,1-10H3. The lowest BCUT2D eigenvalue weighted by molar-refractivity contribution is 0.171. The first kappa shape index (κ1) is 35.3. The smallest absolute Gasteiger partial charge is 0.163 e. The molecular weight excluding hydrogens is 649 g/mol. The zero-order chi connectivity index (χ0) is 37.4. The summed E-state index contributed by atoms with van der Waals surface area (Å²) in [5, 5.41) is 0. The van der Waals surface area contributed by atoms with Gasteiger partial charge in [0.1, 0.15) is 13.2 Å². The third-order valence-electron chi connectivity index (χ3n) is 11.5. The van der Waals surface area contributed by atoms with Crippen LogP contribution >= 0.6 is 0 Å². The molecule has 274 valence electrons. The van der Waals surface area contributed by atoms with Crippen molar-refractivity contribution in [1.82, 2.24) is 0 Å². The molecule has 0 bridgehead atoms. The molecule has 8 rings (SSSR count). The number of rotatable bonds is 6. The van der Waals surface area contributed by atoms with E-state index in [0.717, 1.165) is 54.2 Å². The maximum atomic E-state index is 6.15. The van der Waals surface area contributed by atoms with Gasteiger partial charge in [0.15, 0.2) is 11.5 Å². The highest BCUT2D eigenvalue weighted by atomic mass is 16.6. The molecule has 0 N–H and O–H groups in total. The van der Waals surface area contributed by atoms with Crippen molar-refractivity contribution in [2.75, 3.05) is 23.0 Å². The Hall–Kier alpha value is -4.70. The first-order valence-corrected chi connectivity index (χ1v) is 19.5. The van der Waals surface area contributed by atoms with Gasteiger partial charge in [-0.25, -0.2) is 0 Å². The van der Waals surface area contributed by atoms with E-state index in [1.807, 2.05) is 0 Å². The molecule has 0 radical (unpaired) electrons. The van der Waals surface area contributed by atoms with Crippen molar-refractivity contribution >= 4 is 34.1 Å². The maximum Gasteiger partial charge on any atom is 0.163 e. The predicted octanol–water partition coefficient (Wildman–Crippen LogP) is 12.9. The lowest BCUT2D eigenvalue weighted by Gasteiger charge is -2.33. The van der Waals surface area contributed by atoms with Gasteiger partial charge in [-0.1, -0.05) is 72.7 Å². The van der Waals surface area contributed by atoms with Gasteiger partial charge in [-0.2, -0.15) is 0 Å². The Bertz CT molecular complexity index is 2150. The summed E-state index contributed by atoms with van der Waals surface area (Å²) in [7, 11) is 0. The Kier molecular flexibility index (Phi) is 8.48. The topological polar surface area (TPSA) is 24.9 Å². The van der Waals surface area contributed by atoms with E-state index in [9.17, 15) is 0 Å². The Balaban J connectivity index is 1.33. The van der Waals surface area contributed by atoms with Gasteiger partial charge >= 0.3 is 0 Å². The molecule has 53 heavy (non-hydrogen) atoms. The van der Waals surface area contributed by atoms with Gasteiger partial charge in [0, 0.05) is 28.8 Å². The number of hydrogen-bond donors (Lipinski definition) is 0. The van der Waals surface area contributed by atoms with Crippen LogP contribution in [0.1, 0.15) is 93.0 Å². The monoisotopic (exact) mass is 704 g/mol. The first-order valence-electron chi connectivity index (χ1n) is 19.5. The number of nitrogens with zero attached hydrogens (tertiary/aromatic N) is 2. The van der Waals surface area contributed by atoms with Crippen LogP contribution in [-0.2, 0) is 31.1 Å². The van der Waals surface area contributed by atoms with E-state index in [4.69, 9.17) is 9.47 Å². The van der Waals surface area contributed by atoms with Gasteiger partial charge in [0.25, 0.3) is 0 Å². The van der Waals surface area contributed by atoms with E-state index in [1.54, 1.807) is 0 Å². The largest absolute Gasteiger partial charge is 0.486 e. The Morgan fingerprint density at radius 1 is 0.491 bits per heavy atom. The van der Waals surface area contributed by atoms with Crippen molar-refractivity contribution in [3.63, 3.8) is 0 Å². The number of anilines is 6. The average Bonchev–Trinajstić information content (AvgIpc) is 3.57. The van der Waals surface area contributed by atoms with E-state index >= 15 is 0 Å². The van der Waals surface area contributed by atoms with Crippen LogP contribution in [0.2, 0.25) is 0 Å². The number of hydrogen-bond acceptors (Lipinski definition) is 4. The van der Waals surface area contributed by atoms with Crippen LogP contribution in [0, 0.1) is 31.6 Å². The summed E-state index contributed by atoms with van der Waals surface area (Å²) in [6.07, 6.45) is 4.45. The molecule has 0 amide bonds. The third kappa shape index (κ3) is 6.82. The molecule has 0 atom stereocenters. The highest BCUT2D eigenvalue weighted by molar-refractivity contribution is 5.86. The molecule has 1 heterocycles. The summed E-state index contributed by atoms with van der Waals surface area (Å²) >= 11 is 0. The lowest BCUT2D eigenvalue weighted by atomic mass is 9.84. The Morgan fingerprint density at radius 3 is 1.51 bits per heavy atom. The van der Waals surface area contributed by atoms with Crippen LogP contribution in [-0.4, -0.2) is 13.2 Å². The van der Waals surface area contributed by atoms with Gasteiger partial charge in [0.2, 0.25) is 0 Å². The number of fused-ring (bicyclic) bond motifs is 3. The summed E-state index contributed by atoms with van der Waals surface area (Å²) in [4.78, 5) is 4.93. The van der Waals surface area contributed by atoms with Crippen LogP contribution in [0.4, 0.5) is 34.1 Å². The summed E-state index contributed by atoms with van der Waals surface area (Å²) in [5.41, 5.74) is 18.5. The zero-order valence-electron chi connectivity index (χ0n) is 33.5. The van der Waals surface area contributed by atoms with Crippen LogP contribution in [0.5, 0.6) is 11.5 Å². The maximum absolute atomic E-state index is 6.15. The summed E-state index contributed by atoms with van der Waals surface area (Å²) < 4.78 is 12.1. The van der Waals surface area contributed by atoms with E-state index in [0.29, 0.717) is 13.2 Å². The number of aryl methyl sites for hydroxylation is 3. The first-order chi connectivity index (χ1) is 25.0. The van der Waals surface area contributed by atoms with Gasteiger partial charge in [-0.3, -0.25) is 0 Å². The van der Waals surface area contributed by atoms with E-state index in [-0.39, 0.29) is 16.2 Å². The SMILES string of the molecule is Cc1cc(N(c2ccc3c(c2)CC(C)(C)C3)c2ccc3c(c2)CC(C)(C)C3)cc(N(c2ccc3c(c2)OCCO3)c2c(C)cc(C(C)(C)C)cc2C)c1. The second-order valence-electron chi connectivity index (χ2n) is 18.7. The van der Waals surface area contributed by atoms with Crippen LogP contribution in [0.25, 0.3) is 0 Å². The molecule has 0 aromatic heterocycles. The van der Waals surface area contributed by atoms with Crippen molar-refractivity contribution in [3.05, 3.63) is 129 Å². The van der Waals surface area contributed by atoms with Crippen LogP contribution < -0.4 is 19.3 Å². The molecule has 3 aliphatic rings. The van der Waals surface area contributed by atoms with Gasteiger partial charge in [-0.15, -0.1) is 0 Å². The number of ether oxygens (including phenoxy) is 2. The van der Waals surface area contributed by atoms with Crippen LogP contribution in [0.15, 0.2) is 84.9 Å². The molecule has 1 aliphatic heterocycles. The highest BCUT2D eigenvalue weighted by Crippen LogP contribution is 2.48. The van der Waals surface area contributed by atoms with Gasteiger partial charge in [-0.05, 0) is 162 Å². The normalized spacial score (nSPS) is 16.6. The van der Waals surface area contributed by atoms with Gasteiger partial charge < -0.3 is 19.3 Å². The van der Waals surface area contributed by atoms with Crippen molar-refractivity contribution in [2.24, 2.45) is 10.8 Å². The summed E-state index contributed by atoms with van der Waals surface area (Å²) in [5.74, 6) is 1.59. The van der Waals surface area contributed by atoms with E-state index in [1.165, 1.54) is 61.6 Å². The minimum Gasteiger partial charge on any atom is -0.486 e. The van der Waals surface area contributed by atoms with Crippen molar-refractivity contribution < 1.29 is 9.47 Å². The fraction of sp³-hybridized carbons (Fsp3) is 0.388. The molecule has 4 nitrogen and oxygen atoms in total. The lowest BCUT2D eigenvalue weighted by Crippen LogP contribution is -2.19.